The van der Waals surface area contributed by atoms with Crippen molar-refractivity contribution >= 4 is 46.6 Å². The van der Waals surface area contributed by atoms with Gasteiger partial charge in [0.25, 0.3) is 0 Å². The predicted molar refractivity (Wildman–Crippen MR) is 146 cm³/mol. The third kappa shape index (κ3) is 7.30. The Kier molecular flexibility index (Phi) is 9.42. The molecule has 0 saturated heterocycles. The average molecular weight is 504 g/mol. The quantitative estimate of drug-likeness (QED) is 0.352. The molecule has 2 N–H and O–H groups in total. The Bertz CT molecular complexity index is 1280. The monoisotopic (exact) mass is 503 g/mol. The molecule has 0 bridgehead atoms. The molecule has 0 heterocycles. The summed E-state index contributed by atoms with van der Waals surface area (Å²) in [5.74, 6) is -0.356. The van der Waals surface area contributed by atoms with Crippen molar-refractivity contribution in [2.24, 2.45) is 0 Å². The molecular weight excluding hydrogens is 474 g/mol. The van der Waals surface area contributed by atoms with Gasteiger partial charge in [-0.2, -0.15) is 0 Å². The van der Waals surface area contributed by atoms with Crippen molar-refractivity contribution in [2.75, 3.05) is 26.0 Å². The average Bonchev–Trinajstić information content (AvgIpc) is 2.86. The molecule has 0 unspecified atom stereocenters. The molecule has 6 nitrogen and oxygen atoms in total. The Labute approximate surface area is 217 Å². The van der Waals surface area contributed by atoms with Crippen LogP contribution in [-0.4, -0.2) is 43.1 Å². The van der Waals surface area contributed by atoms with Gasteiger partial charge in [0.05, 0.1) is 5.02 Å². The van der Waals surface area contributed by atoms with Crippen molar-refractivity contribution < 1.29 is 14.4 Å². The van der Waals surface area contributed by atoms with Gasteiger partial charge in [-0.05, 0) is 42.3 Å². The van der Waals surface area contributed by atoms with Gasteiger partial charge in [0.2, 0.25) is 11.8 Å². The number of nitrogens with zero attached hydrogens (tertiary/aromatic N) is 1. The Morgan fingerprint density at radius 2 is 1.64 bits per heavy atom. The number of amides is 2. The summed E-state index contributed by atoms with van der Waals surface area (Å²) in [4.78, 5) is 38.0. The molecule has 3 aromatic rings. The van der Waals surface area contributed by atoms with E-state index in [4.69, 9.17) is 11.6 Å². The lowest BCUT2D eigenvalue weighted by atomic mass is 9.99. The molecule has 0 saturated carbocycles. The van der Waals surface area contributed by atoms with Gasteiger partial charge in [0.15, 0.2) is 5.78 Å². The maximum absolute atomic E-state index is 12.9. The number of benzene rings is 3. The van der Waals surface area contributed by atoms with Gasteiger partial charge in [-0.1, -0.05) is 66.2 Å². The zero-order chi connectivity index (χ0) is 26.1. The normalized spacial score (nSPS) is 10.8. The highest BCUT2D eigenvalue weighted by molar-refractivity contribution is 6.35. The summed E-state index contributed by atoms with van der Waals surface area (Å²) < 4.78 is 0. The van der Waals surface area contributed by atoms with Crippen molar-refractivity contribution in [1.82, 2.24) is 10.2 Å². The van der Waals surface area contributed by atoms with Crippen LogP contribution in [0.25, 0.3) is 6.08 Å². The van der Waals surface area contributed by atoms with E-state index in [0.29, 0.717) is 22.7 Å². The fourth-order valence-electron chi connectivity index (χ4n) is 3.55. The third-order valence-electron chi connectivity index (χ3n) is 5.62. The molecule has 2 amide bonds. The Hall–Kier alpha value is -3.90. The van der Waals surface area contributed by atoms with Crippen molar-refractivity contribution in [1.29, 1.82) is 0 Å². The van der Waals surface area contributed by atoms with E-state index in [-0.39, 0.29) is 30.4 Å². The van der Waals surface area contributed by atoms with E-state index in [2.05, 4.69) is 10.6 Å². The molecule has 0 aromatic heterocycles. The number of hydrogen-bond donors (Lipinski definition) is 2. The molecule has 0 atom stereocenters. The zero-order valence-electron chi connectivity index (χ0n) is 20.7. The highest BCUT2D eigenvalue weighted by Crippen LogP contribution is 2.28. The van der Waals surface area contributed by atoms with Crippen LogP contribution in [0.5, 0.6) is 0 Å². The summed E-state index contributed by atoms with van der Waals surface area (Å²) in [5, 5.41) is 6.51. The maximum Gasteiger partial charge on any atom is 0.222 e. The number of nitrogens with one attached hydrogen (secondary N) is 2. The number of anilines is 2. The summed E-state index contributed by atoms with van der Waals surface area (Å²) in [6, 6.07) is 20.5. The smallest absolute Gasteiger partial charge is 0.222 e. The first-order chi connectivity index (χ1) is 17.3. The number of hydrogen-bond acceptors (Lipinski definition) is 4. The highest BCUT2D eigenvalue weighted by atomic mass is 35.5. The minimum Gasteiger partial charge on any atom is -0.355 e. The summed E-state index contributed by atoms with van der Waals surface area (Å²) in [6.45, 7) is 2.25. The number of para-hydroxylation sites is 1. The largest absolute Gasteiger partial charge is 0.355 e. The van der Waals surface area contributed by atoms with Crippen molar-refractivity contribution in [3.05, 3.63) is 100 Å². The molecule has 3 rings (SSSR count). The van der Waals surface area contributed by atoms with E-state index in [0.717, 1.165) is 22.5 Å². The zero-order valence-corrected chi connectivity index (χ0v) is 21.4. The molecule has 0 aliphatic carbocycles. The molecule has 0 fully saturated rings. The first-order valence-electron chi connectivity index (χ1n) is 11.7. The van der Waals surface area contributed by atoms with Crippen LogP contribution >= 0.6 is 11.6 Å². The van der Waals surface area contributed by atoms with Gasteiger partial charge in [-0.3, -0.25) is 14.4 Å². The van der Waals surface area contributed by atoms with E-state index >= 15 is 0 Å². The standard InChI is InChI=1S/C29H30ClN3O3/c1-20-9-4-6-12-23(20)29(36)24-15-14-22(19-25(24)30)32-26-13-7-5-10-21(26)11-8-18-31-27(34)16-17-28(35)33(2)3/h4-15,19,32H,16-18H2,1-3H3,(H,31,34). The number of aryl methyl sites for hydroxylation is 1. The van der Waals surface area contributed by atoms with Crippen LogP contribution in [0.15, 0.2) is 72.8 Å². The van der Waals surface area contributed by atoms with E-state index in [9.17, 15) is 14.4 Å². The summed E-state index contributed by atoms with van der Waals surface area (Å²) in [7, 11) is 3.34. The van der Waals surface area contributed by atoms with Crippen molar-refractivity contribution in [2.45, 2.75) is 19.8 Å². The summed E-state index contributed by atoms with van der Waals surface area (Å²) in [6.07, 6.45) is 4.10. The Morgan fingerprint density at radius 3 is 2.36 bits per heavy atom. The van der Waals surface area contributed by atoms with Crippen LogP contribution in [-0.2, 0) is 9.59 Å². The summed E-state index contributed by atoms with van der Waals surface area (Å²) in [5.41, 5.74) is 4.51. The maximum atomic E-state index is 12.9. The van der Waals surface area contributed by atoms with Gasteiger partial charge in [0.1, 0.15) is 0 Å². The number of carbonyl (C=O) groups is 3. The lowest BCUT2D eigenvalue weighted by molar-refractivity contribution is -0.131. The van der Waals surface area contributed by atoms with Crippen LogP contribution in [0.3, 0.4) is 0 Å². The van der Waals surface area contributed by atoms with Gasteiger partial charge in [0, 0.05) is 56.0 Å². The minimum absolute atomic E-state index is 0.0756. The SMILES string of the molecule is Cc1ccccc1C(=O)c1ccc(Nc2ccccc2C=CCNC(=O)CCC(=O)N(C)C)cc1Cl. The fourth-order valence-corrected chi connectivity index (χ4v) is 3.82. The van der Waals surface area contributed by atoms with Gasteiger partial charge in [-0.25, -0.2) is 0 Å². The first kappa shape index (κ1) is 26.7. The molecule has 186 valence electrons. The topological polar surface area (TPSA) is 78.5 Å². The number of ketones is 1. The molecule has 0 radical (unpaired) electrons. The lowest BCUT2D eigenvalue weighted by Crippen LogP contribution is -2.27. The minimum atomic E-state index is -0.170. The van der Waals surface area contributed by atoms with Crippen molar-refractivity contribution in [3.63, 3.8) is 0 Å². The fraction of sp³-hybridized carbons (Fsp3) is 0.207. The second-order valence-corrected chi connectivity index (χ2v) is 8.95. The van der Waals surface area contributed by atoms with Crippen LogP contribution in [0, 0.1) is 6.92 Å². The molecule has 0 spiro atoms. The van der Waals surface area contributed by atoms with Crippen LogP contribution < -0.4 is 10.6 Å². The highest BCUT2D eigenvalue weighted by Gasteiger charge is 2.15. The third-order valence-corrected chi connectivity index (χ3v) is 5.94. The van der Waals surface area contributed by atoms with E-state index in [1.54, 1.807) is 32.3 Å². The molecule has 36 heavy (non-hydrogen) atoms. The Balaban J connectivity index is 1.63. The van der Waals surface area contributed by atoms with E-state index in [1.165, 1.54) is 4.90 Å². The second kappa shape index (κ2) is 12.7. The number of carbonyl (C=O) groups excluding carboxylic acids is 3. The molecule has 7 heteroatoms. The van der Waals surface area contributed by atoms with E-state index in [1.807, 2.05) is 67.6 Å². The van der Waals surface area contributed by atoms with Crippen molar-refractivity contribution in [3.8, 4) is 0 Å². The van der Waals surface area contributed by atoms with Crippen LogP contribution in [0.4, 0.5) is 11.4 Å². The van der Waals surface area contributed by atoms with Gasteiger partial charge < -0.3 is 15.5 Å². The first-order valence-corrected chi connectivity index (χ1v) is 12.0. The molecule has 0 aliphatic heterocycles. The lowest BCUT2D eigenvalue weighted by Gasteiger charge is -2.12. The number of halogens is 1. The summed E-state index contributed by atoms with van der Waals surface area (Å²) >= 11 is 6.49. The number of rotatable bonds is 10. The molecule has 0 aliphatic rings. The van der Waals surface area contributed by atoms with Gasteiger partial charge >= 0.3 is 0 Å². The molecule has 3 aromatic carbocycles. The second-order valence-electron chi connectivity index (χ2n) is 8.55. The van der Waals surface area contributed by atoms with Crippen LogP contribution in [0.1, 0.15) is 39.9 Å². The predicted octanol–water partition coefficient (Wildman–Crippen LogP) is 5.62. The molecular formula is C29H30ClN3O3. The van der Waals surface area contributed by atoms with Gasteiger partial charge in [-0.15, -0.1) is 0 Å². The van der Waals surface area contributed by atoms with E-state index < -0.39 is 0 Å². The van der Waals surface area contributed by atoms with Crippen LogP contribution in [0.2, 0.25) is 5.02 Å². The Morgan fingerprint density at radius 1 is 0.917 bits per heavy atom.